The van der Waals surface area contributed by atoms with Gasteiger partial charge in [0.05, 0.1) is 5.69 Å². The first-order valence-corrected chi connectivity index (χ1v) is 13.9. The molecule has 1 aliphatic carbocycles. The van der Waals surface area contributed by atoms with Crippen LogP contribution < -0.4 is 9.64 Å². The second-order valence-corrected chi connectivity index (χ2v) is 10.8. The molecule has 2 aliphatic heterocycles. The standard InChI is InChI=1S/C30H36N6O2/c1-21-8-9-27(22(2)19-21)38-28-25(7-4-12-31-28)29(37)35-13-10-23-20-32-30(33-26(23)11-14-35)36-17-15-34(16-18-36)24-5-3-6-24/h4,7-9,12,19-20,24H,3,5-6,10-11,13-18H2,1-2H3. The molecule has 1 saturated heterocycles. The smallest absolute Gasteiger partial charge is 0.259 e. The topological polar surface area (TPSA) is 74.7 Å². The summed E-state index contributed by atoms with van der Waals surface area (Å²) in [5, 5.41) is 0. The number of ether oxygens (including phenoxy) is 1. The number of aryl methyl sites for hydroxylation is 2. The largest absolute Gasteiger partial charge is 0.438 e. The molecule has 38 heavy (non-hydrogen) atoms. The van der Waals surface area contributed by atoms with Crippen LogP contribution in [0.25, 0.3) is 0 Å². The molecule has 0 unspecified atom stereocenters. The highest BCUT2D eigenvalue weighted by atomic mass is 16.5. The van der Waals surface area contributed by atoms with Crippen LogP contribution in [0.4, 0.5) is 5.95 Å². The highest BCUT2D eigenvalue weighted by Gasteiger charge is 2.29. The van der Waals surface area contributed by atoms with E-state index in [1.807, 2.05) is 37.1 Å². The van der Waals surface area contributed by atoms with Gasteiger partial charge in [-0.1, -0.05) is 24.1 Å². The minimum absolute atomic E-state index is 0.0639. The summed E-state index contributed by atoms with van der Waals surface area (Å²) >= 11 is 0. The average molecular weight is 513 g/mol. The van der Waals surface area contributed by atoms with Crippen molar-refractivity contribution >= 4 is 11.9 Å². The molecule has 6 rings (SSSR count). The van der Waals surface area contributed by atoms with Crippen LogP contribution in [0.2, 0.25) is 0 Å². The molecule has 1 saturated carbocycles. The Balaban J connectivity index is 1.13. The molecule has 8 nitrogen and oxygen atoms in total. The van der Waals surface area contributed by atoms with E-state index in [-0.39, 0.29) is 5.91 Å². The van der Waals surface area contributed by atoms with Gasteiger partial charge < -0.3 is 14.5 Å². The van der Waals surface area contributed by atoms with E-state index in [0.717, 1.165) is 61.4 Å². The number of aromatic nitrogens is 3. The van der Waals surface area contributed by atoms with Gasteiger partial charge in [-0.15, -0.1) is 0 Å². The zero-order chi connectivity index (χ0) is 26.1. The highest BCUT2D eigenvalue weighted by Crippen LogP contribution is 2.29. The van der Waals surface area contributed by atoms with E-state index in [1.165, 1.54) is 24.8 Å². The number of piperazine rings is 1. The van der Waals surface area contributed by atoms with Crippen molar-refractivity contribution in [2.45, 2.75) is 52.0 Å². The number of carbonyl (C=O) groups excluding carboxylic acids is 1. The van der Waals surface area contributed by atoms with Crippen molar-refractivity contribution in [2.24, 2.45) is 0 Å². The predicted molar refractivity (Wildman–Crippen MR) is 147 cm³/mol. The lowest BCUT2D eigenvalue weighted by molar-refractivity contribution is 0.0759. The molecule has 1 amide bonds. The quantitative estimate of drug-likeness (QED) is 0.507. The lowest BCUT2D eigenvalue weighted by Crippen LogP contribution is -2.52. The first-order valence-electron chi connectivity index (χ1n) is 13.9. The fourth-order valence-electron chi connectivity index (χ4n) is 5.68. The zero-order valence-electron chi connectivity index (χ0n) is 22.4. The number of hydrogen-bond acceptors (Lipinski definition) is 7. The van der Waals surface area contributed by atoms with Crippen molar-refractivity contribution in [1.82, 2.24) is 24.8 Å². The number of fused-ring (bicyclic) bond motifs is 1. The van der Waals surface area contributed by atoms with Crippen LogP contribution in [0, 0.1) is 13.8 Å². The molecule has 2 fully saturated rings. The summed E-state index contributed by atoms with van der Waals surface area (Å²) in [5.41, 5.74) is 4.85. The normalized spacial score (nSPS) is 18.5. The van der Waals surface area contributed by atoms with Gasteiger partial charge >= 0.3 is 0 Å². The maximum Gasteiger partial charge on any atom is 0.259 e. The minimum atomic E-state index is -0.0639. The molecule has 0 bridgehead atoms. The van der Waals surface area contributed by atoms with Gasteiger partial charge in [-0.3, -0.25) is 9.69 Å². The number of pyridine rings is 1. The Morgan fingerprint density at radius 3 is 2.55 bits per heavy atom. The summed E-state index contributed by atoms with van der Waals surface area (Å²) in [6.45, 7) is 9.40. The van der Waals surface area contributed by atoms with Gasteiger partial charge in [0.25, 0.3) is 5.91 Å². The van der Waals surface area contributed by atoms with E-state index in [0.29, 0.717) is 36.7 Å². The number of carbonyl (C=O) groups is 1. The van der Waals surface area contributed by atoms with E-state index in [1.54, 1.807) is 18.3 Å². The van der Waals surface area contributed by atoms with Crippen molar-refractivity contribution < 1.29 is 9.53 Å². The molecule has 0 N–H and O–H groups in total. The van der Waals surface area contributed by atoms with Gasteiger partial charge in [0, 0.05) is 64.1 Å². The van der Waals surface area contributed by atoms with Crippen molar-refractivity contribution in [3.63, 3.8) is 0 Å². The zero-order valence-corrected chi connectivity index (χ0v) is 22.4. The Morgan fingerprint density at radius 1 is 0.974 bits per heavy atom. The number of benzene rings is 1. The Labute approximate surface area is 224 Å². The summed E-state index contributed by atoms with van der Waals surface area (Å²) < 4.78 is 6.13. The third-order valence-electron chi connectivity index (χ3n) is 8.23. The molecule has 2 aromatic heterocycles. The molecule has 1 aromatic carbocycles. The van der Waals surface area contributed by atoms with Crippen molar-refractivity contribution in [1.29, 1.82) is 0 Å². The van der Waals surface area contributed by atoms with Crippen molar-refractivity contribution in [2.75, 3.05) is 44.2 Å². The van der Waals surface area contributed by atoms with Gasteiger partial charge in [-0.2, -0.15) is 0 Å². The van der Waals surface area contributed by atoms with Crippen LogP contribution in [0.15, 0.2) is 42.7 Å². The molecule has 198 valence electrons. The highest BCUT2D eigenvalue weighted by molar-refractivity contribution is 5.96. The third-order valence-corrected chi connectivity index (χ3v) is 8.23. The Hall–Kier alpha value is -3.52. The second-order valence-electron chi connectivity index (χ2n) is 10.8. The first kappa shape index (κ1) is 24.8. The van der Waals surface area contributed by atoms with Gasteiger partial charge in [0.15, 0.2) is 0 Å². The van der Waals surface area contributed by atoms with Crippen LogP contribution in [0.3, 0.4) is 0 Å². The number of rotatable bonds is 5. The lowest BCUT2D eigenvalue weighted by Gasteiger charge is -2.43. The van der Waals surface area contributed by atoms with E-state index in [2.05, 4.69) is 20.9 Å². The average Bonchev–Trinajstić information content (AvgIpc) is 3.12. The summed E-state index contributed by atoms with van der Waals surface area (Å²) in [7, 11) is 0. The van der Waals surface area contributed by atoms with Crippen LogP contribution in [-0.2, 0) is 12.8 Å². The molecular formula is C30H36N6O2. The van der Waals surface area contributed by atoms with E-state index in [4.69, 9.17) is 14.7 Å². The van der Waals surface area contributed by atoms with E-state index < -0.39 is 0 Å². The fraction of sp³-hybridized carbons (Fsp3) is 0.467. The van der Waals surface area contributed by atoms with Gasteiger partial charge in [-0.25, -0.2) is 15.0 Å². The van der Waals surface area contributed by atoms with Gasteiger partial charge in [-0.05, 0) is 62.4 Å². The second kappa shape index (κ2) is 10.7. The molecule has 3 aromatic rings. The van der Waals surface area contributed by atoms with Gasteiger partial charge in [0.2, 0.25) is 11.8 Å². The number of amides is 1. The van der Waals surface area contributed by atoms with E-state index >= 15 is 0 Å². The maximum atomic E-state index is 13.6. The third kappa shape index (κ3) is 5.10. The number of hydrogen-bond donors (Lipinski definition) is 0. The number of nitrogens with zero attached hydrogens (tertiary/aromatic N) is 6. The van der Waals surface area contributed by atoms with E-state index in [9.17, 15) is 4.79 Å². The Morgan fingerprint density at radius 2 is 1.79 bits per heavy atom. The molecule has 8 heteroatoms. The Kier molecular flexibility index (Phi) is 6.98. The molecule has 4 heterocycles. The fourth-order valence-corrected chi connectivity index (χ4v) is 5.68. The van der Waals surface area contributed by atoms with Crippen LogP contribution in [0.1, 0.15) is 52.0 Å². The predicted octanol–water partition coefficient (Wildman–Crippen LogP) is 4.20. The first-order chi connectivity index (χ1) is 18.5. The number of anilines is 1. The SMILES string of the molecule is Cc1ccc(Oc2ncccc2C(=O)N2CCc3cnc(N4CCN(C5CCC5)CC4)nc3CC2)c(C)c1. The van der Waals surface area contributed by atoms with Crippen LogP contribution in [-0.4, -0.2) is 76.0 Å². The molecule has 0 radical (unpaired) electrons. The van der Waals surface area contributed by atoms with Crippen molar-refractivity contribution in [3.8, 4) is 11.6 Å². The molecule has 0 spiro atoms. The summed E-state index contributed by atoms with van der Waals surface area (Å²) in [5.74, 6) is 1.82. The van der Waals surface area contributed by atoms with Crippen LogP contribution >= 0.6 is 0 Å². The summed E-state index contributed by atoms with van der Waals surface area (Å²) in [6.07, 6.45) is 9.17. The van der Waals surface area contributed by atoms with Crippen molar-refractivity contribution in [3.05, 3.63) is 70.7 Å². The monoisotopic (exact) mass is 512 g/mol. The Bertz CT molecular complexity index is 1320. The summed E-state index contributed by atoms with van der Waals surface area (Å²) in [4.78, 5) is 34.6. The summed E-state index contributed by atoms with van der Waals surface area (Å²) in [6, 6.07) is 10.4. The maximum absolute atomic E-state index is 13.6. The van der Waals surface area contributed by atoms with Crippen LogP contribution in [0.5, 0.6) is 11.6 Å². The minimum Gasteiger partial charge on any atom is -0.438 e. The lowest BCUT2D eigenvalue weighted by atomic mass is 9.91. The molecule has 0 atom stereocenters. The molecule has 3 aliphatic rings. The molecular weight excluding hydrogens is 476 g/mol. The van der Waals surface area contributed by atoms with Gasteiger partial charge in [0.1, 0.15) is 11.3 Å².